The van der Waals surface area contributed by atoms with Gasteiger partial charge in [-0.25, -0.2) is 0 Å². The van der Waals surface area contributed by atoms with E-state index in [1.54, 1.807) is 6.20 Å². The third-order valence-corrected chi connectivity index (χ3v) is 4.46. The van der Waals surface area contributed by atoms with Crippen LogP contribution >= 0.6 is 0 Å². The van der Waals surface area contributed by atoms with Gasteiger partial charge in [0.1, 0.15) is 0 Å². The van der Waals surface area contributed by atoms with Crippen molar-refractivity contribution in [3.63, 3.8) is 0 Å². The van der Waals surface area contributed by atoms with Crippen molar-refractivity contribution in [3.8, 4) is 0 Å². The lowest BCUT2D eigenvalue weighted by Crippen LogP contribution is -2.52. The van der Waals surface area contributed by atoms with Crippen LogP contribution in [-0.4, -0.2) is 10.8 Å². The van der Waals surface area contributed by atoms with Crippen molar-refractivity contribution < 1.29 is 4.79 Å². The van der Waals surface area contributed by atoms with Crippen LogP contribution < -0.4 is 0 Å². The Balaban J connectivity index is 1.86. The zero-order chi connectivity index (χ0) is 12.8. The van der Waals surface area contributed by atoms with Gasteiger partial charge in [0.05, 0.1) is 5.69 Å². The molecule has 0 unspecified atom stereocenters. The van der Waals surface area contributed by atoms with E-state index in [1.165, 1.54) is 0 Å². The molecule has 0 radical (unpaired) electrons. The average Bonchev–Trinajstić information content (AvgIpc) is 2.36. The number of hydrogen-bond donors (Lipinski definition) is 0. The molecular weight excluding hydrogens is 222 g/mol. The Morgan fingerprint density at radius 3 is 2.72 bits per heavy atom. The molecule has 0 aromatic carbocycles. The normalized spacial score (nSPS) is 29.0. The molecule has 2 atom stereocenters. The molecule has 4 rings (SSSR count). The van der Waals surface area contributed by atoms with Gasteiger partial charge < -0.3 is 0 Å². The van der Waals surface area contributed by atoms with Crippen molar-refractivity contribution in [2.75, 3.05) is 0 Å². The van der Waals surface area contributed by atoms with Crippen LogP contribution in [0, 0.1) is 17.3 Å². The van der Waals surface area contributed by atoms with Crippen molar-refractivity contribution in [3.05, 3.63) is 47.8 Å². The monoisotopic (exact) mass is 239 g/mol. The Morgan fingerprint density at radius 2 is 2.11 bits per heavy atom. The molecule has 3 aliphatic rings. The number of aromatic nitrogens is 1. The summed E-state index contributed by atoms with van der Waals surface area (Å²) in [6, 6.07) is 5.84. The van der Waals surface area contributed by atoms with E-state index in [1.807, 2.05) is 30.4 Å². The van der Waals surface area contributed by atoms with Gasteiger partial charge in [0.25, 0.3) is 0 Å². The molecule has 0 saturated heterocycles. The fourth-order valence-corrected chi connectivity index (χ4v) is 3.16. The maximum atomic E-state index is 11.9. The molecule has 2 bridgehead atoms. The maximum Gasteiger partial charge on any atom is 0.159 e. The van der Waals surface area contributed by atoms with E-state index >= 15 is 0 Å². The fourth-order valence-electron chi connectivity index (χ4n) is 3.16. The predicted octanol–water partition coefficient (Wildman–Crippen LogP) is 3.27. The standard InChI is InChI=1S/C16H17NO/c1-16(2)13-10-14(16)15(18)9-11(13)6-7-12-5-3-4-8-17-12/h3-9,13-14H,10H2,1-2H3/t13-,14+/m0/s1. The molecule has 1 saturated carbocycles. The SMILES string of the molecule is CC1(C)[C@@H]2C[C@H]1C(C=Cc1ccccn1)=CC2=O. The van der Waals surface area contributed by atoms with Crippen LogP contribution in [0.2, 0.25) is 0 Å². The minimum atomic E-state index is 0.135. The molecule has 1 aromatic heterocycles. The molecular formula is C16H17NO. The van der Waals surface area contributed by atoms with Crippen molar-refractivity contribution in [2.45, 2.75) is 20.3 Å². The number of fused-ring (bicyclic) bond motifs is 1. The fraction of sp³-hybridized carbons (Fsp3) is 0.375. The number of rotatable bonds is 2. The summed E-state index contributed by atoms with van der Waals surface area (Å²) in [5, 5.41) is 0. The van der Waals surface area contributed by atoms with E-state index in [-0.39, 0.29) is 11.3 Å². The molecule has 1 fully saturated rings. The molecule has 2 heteroatoms. The largest absolute Gasteiger partial charge is 0.295 e. The molecule has 1 heterocycles. The summed E-state index contributed by atoms with van der Waals surface area (Å²) < 4.78 is 0. The van der Waals surface area contributed by atoms with Gasteiger partial charge in [-0.05, 0) is 47.6 Å². The maximum absolute atomic E-state index is 11.9. The van der Waals surface area contributed by atoms with Crippen LogP contribution in [0.5, 0.6) is 0 Å². The molecule has 0 aliphatic heterocycles. The molecule has 0 amide bonds. The smallest absolute Gasteiger partial charge is 0.159 e. The number of pyridine rings is 1. The first-order chi connectivity index (χ1) is 8.59. The van der Waals surface area contributed by atoms with Gasteiger partial charge in [0, 0.05) is 12.1 Å². The number of allylic oxidation sites excluding steroid dienone is 3. The summed E-state index contributed by atoms with van der Waals surface area (Å²) in [4.78, 5) is 16.2. The zero-order valence-corrected chi connectivity index (χ0v) is 10.8. The van der Waals surface area contributed by atoms with Gasteiger partial charge in [-0.2, -0.15) is 0 Å². The summed E-state index contributed by atoms with van der Waals surface area (Å²) in [7, 11) is 0. The molecule has 0 spiro atoms. The molecule has 18 heavy (non-hydrogen) atoms. The Bertz CT molecular complexity index is 539. The number of hydrogen-bond acceptors (Lipinski definition) is 2. The van der Waals surface area contributed by atoms with Crippen LogP contribution in [0.3, 0.4) is 0 Å². The lowest BCUT2D eigenvalue weighted by Gasteiger charge is -2.54. The van der Waals surface area contributed by atoms with Gasteiger partial charge in [-0.15, -0.1) is 0 Å². The minimum absolute atomic E-state index is 0.135. The number of carbonyl (C=O) groups excluding carboxylic acids is 1. The number of ketones is 1. The number of carbonyl (C=O) groups is 1. The van der Waals surface area contributed by atoms with Crippen LogP contribution in [0.1, 0.15) is 26.0 Å². The predicted molar refractivity (Wildman–Crippen MR) is 71.7 cm³/mol. The summed E-state index contributed by atoms with van der Waals surface area (Å²) in [6.07, 6.45) is 8.67. The third kappa shape index (κ3) is 1.64. The summed E-state index contributed by atoms with van der Waals surface area (Å²) >= 11 is 0. The summed E-state index contributed by atoms with van der Waals surface area (Å²) in [5.41, 5.74) is 2.23. The lowest BCUT2D eigenvalue weighted by atomic mass is 9.48. The number of nitrogens with zero attached hydrogens (tertiary/aromatic N) is 1. The Morgan fingerprint density at radius 1 is 1.28 bits per heavy atom. The first kappa shape index (κ1) is 11.4. The Kier molecular flexibility index (Phi) is 2.47. The van der Waals surface area contributed by atoms with Gasteiger partial charge in [0.2, 0.25) is 0 Å². The first-order valence-electron chi connectivity index (χ1n) is 6.43. The Hall–Kier alpha value is -1.70. The summed E-state index contributed by atoms with van der Waals surface area (Å²) in [6.45, 7) is 4.40. The third-order valence-electron chi connectivity index (χ3n) is 4.46. The van der Waals surface area contributed by atoms with Crippen molar-refractivity contribution in [1.82, 2.24) is 4.98 Å². The highest BCUT2D eigenvalue weighted by Crippen LogP contribution is 2.58. The van der Waals surface area contributed by atoms with E-state index in [4.69, 9.17) is 0 Å². The van der Waals surface area contributed by atoms with Gasteiger partial charge in [-0.1, -0.05) is 26.0 Å². The van der Waals surface area contributed by atoms with Crippen LogP contribution in [0.25, 0.3) is 6.08 Å². The second kappa shape index (κ2) is 3.91. The second-order valence-electron chi connectivity index (χ2n) is 5.80. The van der Waals surface area contributed by atoms with Crippen molar-refractivity contribution in [2.24, 2.45) is 17.3 Å². The van der Waals surface area contributed by atoms with Gasteiger partial charge in [-0.3, -0.25) is 9.78 Å². The highest BCUT2D eigenvalue weighted by atomic mass is 16.1. The van der Waals surface area contributed by atoms with Crippen LogP contribution in [-0.2, 0) is 4.79 Å². The van der Waals surface area contributed by atoms with E-state index < -0.39 is 0 Å². The quantitative estimate of drug-likeness (QED) is 0.792. The van der Waals surface area contributed by atoms with E-state index in [9.17, 15) is 4.79 Å². The van der Waals surface area contributed by atoms with Crippen molar-refractivity contribution >= 4 is 11.9 Å². The molecule has 2 nitrogen and oxygen atoms in total. The van der Waals surface area contributed by atoms with Crippen LogP contribution in [0.15, 0.2) is 42.1 Å². The van der Waals surface area contributed by atoms with Gasteiger partial charge >= 0.3 is 0 Å². The van der Waals surface area contributed by atoms with Crippen LogP contribution in [0.4, 0.5) is 0 Å². The highest BCUT2D eigenvalue weighted by Gasteiger charge is 2.54. The molecule has 1 aromatic rings. The van der Waals surface area contributed by atoms with E-state index in [2.05, 4.69) is 24.9 Å². The molecule has 3 aliphatic carbocycles. The first-order valence-corrected chi connectivity index (χ1v) is 6.43. The minimum Gasteiger partial charge on any atom is -0.295 e. The summed E-state index contributed by atoms with van der Waals surface area (Å²) in [5.74, 6) is 1.07. The average molecular weight is 239 g/mol. The van der Waals surface area contributed by atoms with Crippen molar-refractivity contribution in [1.29, 1.82) is 0 Å². The van der Waals surface area contributed by atoms with E-state index in [0.29, 0.717) is 11.7 Å². The lowest BCUT2D eigenvalue weighted by molar-refractivity contribution is -0.133. The molecule has 0 N–H and O–H groups in total. The van der Waals surface area contributed by atoms with Gasteiger partial charge in [0.15, 0.2) is 5.78 Å². The Labute approximate surface area is 107 Å². The molecule has 92 valence electrons. The second-order valence-corrected chi connectivity index (χ2v) is 5.80. The topological polar surface area (TPSA) is 30.0 Å². The van der Waals surface area contributed by atoms with E-state index in [0.717, 1.165) is 17.7 Å². The zero-order valence-electron chi connectivity index (χ0n) is 10.8. The highest BCUT2D eigenvalue weighted by molar-refractivity contribution is 5.96.